The number of hydrogen-bond acceptors (Lipinski definition) is 9. The Kier molecular flexibility index (Phi) is 8.17. The minimum atomic E-state index is -0.0942. The van der Waals surface area contributed by atoms with Crippen LogP contribution in [0.5, 0.6) is 11.8 Å². The van der Waals surface area contributed by atoms with Gasteiger partial charge in [-0.05, 0) is 37.3 Å². The summed E-state index contributed by atoms with van der Waals surface area (Å²) in [6, 6.07) is 12.2. The van der Waals surface area contributed by atoms with Gasteiger partial charge in [0.1, 0.15) is 17.7 Å². The van der Waals surface area contributed by atoms with Crippen molar-refractivity contribution in [3.05, 3.63) is 60.3 Å². The number of rotatable bonds is 8. The van der Waals surface area contributed by atoms with Gasteiger partial charge in [-0.25, -0.2) is 0 Å². The lowest BCUT2D eigenvalue weighted by molar-refractivity contribution is -0.126. The van der Waals surface area contributed by atoms with E-state index in [1.807, 2.05) is 29.2 Å². The first-order valence-electron chi connectivity index (χ1n) is 14.9. The highest BCUT2D eigenvalue weighted by molar-refractivity contribution is 5.95. The largest absolute Gasteiger partial charge is 0.508 e. The summed E-state index contributed by atoms with van der Waals surface area (Å²) in [5.74, 6) is 1.11. The monoisotopic (exact) mass is 572 g/mol. The highest BCUT2D eigenvalue weighted by Gasteiger charge is 2.30. The van der Waals surface area contributed by atoms with Crippen molar-refractivity contribution in [1.29, 1.82) is 0 Å². The number of phenolic OH excluding ortho intramolecular Hbond substituents is 1. The third kappa shape index (κ3) is 5.87. The molecule has 3 aliphatic rings. The van der Waals surface area contributed by atoms with E-state index in [9.17, 15) is 9.90 Å². The van der Waals surface area contributed by atoms with E-state index in [4.69, 9.17) is 19.4 Å². The van der Waals surface area contributed by atoms with Crippen LogP contribution < -0.4 is 14.5 Å². The number of anilines is 2. The summed E-state index contributed by atoms with van der Waals surface area (Å²) in [6.45, 7) is 12.3. The molecule has 0 spiro atoms. The Bertz CT molecular complexity index is 1460. The van der Waals surface area contributed by atoms with Crippen molar-refractivity contribution >= 4 is 28.2 Å². The third-order valence-electron chi connectivity index (χ3n) is 8.64. The molecule has 0 unspecified atom stereocenters. The van der Waals surface area contributed by atoms with Gasteiger partial charge in [0.25, 0.3) is 0 Å². The number of piperazine rings is 1. The smallest absolute Gasteiger partial charge is 0.318 e. The van der Waals surface area contributed by atoms with Crippen molar-refractivity contribution < 1.29 is 19.4 Å². The summed E-state index contributed by atoms with van der Waals surface area (Å²) in [5, 5.41) is 12.6. The lowest BCUT2D eigenvalue weighted by Gasteiger charge is -2.38. The zero-order chi connectivity index (χ0) is 29.2. The van der Waals surface area contributed by atoms with Gasteiger partial charge in [0.05, 0.1) is 18.3 Å². The summed E-state index contributed by atoms with van der Waals surface area (Å²) in [7, 11) is 1.77. The van der Waals surface area contributed by atoms with Crippen LogP contribution in [0.15, 0.2) is 49.1 Å². The molecule has 0 saturated carbocycles. The van der Waals surface area contributed by atoms with Crippen molar-refractivity contribution in [1.82, 2.24) is 19.8 Å². The van der Waals surface area contributed by atoms with E-state index in [1.54, 1.807) is 13.2 Å². The summed E-state index contributed by atoms with van der Waals surface area (Å²) in [5.41, 5.74) is 3.05. The fourth-order valence-corrected chi connectivity index (χ4v) is 6.45. The quantitative estimate of drug-likeness (QED) is 0.409. The Morgan fingerprint density at radius 2 is 1.93 bits per heavy atom. The number of phenols is 1. The Balaban J connectivity index is 1.28. The van der Waals surface area contributed by atoms with Crippen molar-refractivity contribution in [2.24, 2.45) is 0 Å². The fraction of sp³-hybridized carbons (Fsp3) is 0.469. The second kappa shape index (κ2) is 12.1. The number of aromatic hydroxyl groups is 1. The molecular formula is C32H40N6O4. The topological polar surface area (TPSA) is 94.5 Å². The average Bonchev–Trinajstić information content (AvgIpc) is 3.46. The second-order valence-corrected chi connectivity index (χ2v) is 11.5. The number of aromatic nitrogens is 2. The van der Waals surface area contributed by atoms with Crippen molar-refractivity contribution in [3.63, 3.8) is 0 Å². The van der Waals surface area contributed by atoms with E-state index < -0.39 is 0 Å². The molecule has 222 valence electrons. The van der Waals surface area contributed by atoms with Crippen LogP contribution in [0.2, 0.25) is 0 Å². The molecule has 4 heterocycles. The fourth-order valence-electron chi connectivity index (χ4n) is 6.45. The standard InChI is InChI=1S/C32H40N6O4/c1-4-30(40)36-13-15-37(16-14-36)31-27-10-12-38(29-18-24(39)17-23-7-5-6-8-26(23)29)21-28(27)33-32(34-31)42-22(2)19-35-11-9-25(20-35)41-3/h4-8,17-18,22,25,39H,1,9-16,19-21H2,2-3H3/t22-,25-/m1/s1. The Morgan fingerprint density at radius 1 is 1.12 bits per heavy atom. The molecular weight excluding hydrogens is 532 g/mol. The number of ether oxygens (including phenoxy) is 2. The molecule has 2 saturated heterocycles. The molecule has 2 fully saturated rings. The first kappa shape index (κ1) is 28.2. The lowest BCUT2D eigenvalue weighted by Crippen LogP contribution is -2.49. The van der Waals surface area contributed by atoms with Gasteiger partial charge in [-0.2, -0.15) is 9.97 Å². The number of likely N-dealkylation sites (tertiary alicyclic amines) is 1. The van der Waals surface area contributed by atoms with Crippen molar-refractivity contribution in [3.8, 4) is 11.8 Å². The van der Waals surface area contributed by atoms with Crippen LogP contribution in [0.4, 0.5) is 11.5 Å². The molecule has 3 aliphatic heterocycles. The molecule has 3 aromatic rings. The van der Waals surface area contributed by atoms with Gasteiger partial charge in [0, 0.05) is 82.2 Å². The van der Waals surface area contributed by atoms with E-state index in [2.05, 4.69) is 34.3 Å². The molecule has 0 radical (unpaired) electrons. The van der Waals surface area contributed by atoms with Crippen LogP contribution in [0.25, 0.3) is 10.8 Å². The van der Waals surface area contributed by atoms with Crippen LogP contribution in [0.3, 0.4) is 0 Å². The van der Waals surface area contributed by atoms with Crippen LogP contribution in [0, 0.1) is 0 Å². The Morgan fingerprint density at radius 3 is 2.69 bits per heavy atom. The SMILES string of the molecule is C=CC(=O)N1CCN(c2nc(O[C@H](C)CN3CC[C@@H](OC)C3)nc3c2CCN(c2cc(O)cc4ccccc24)C3)CC1. The van der Waals surface area contributed by atoms with Gasteiger partial charge in [-0.1, -0.05) is 30.8 Å². The van der Waals surface area contributed by atoms with Crippen LogP contribution >= 0.6 is 0 Å². The maximum absolute atomic E-state index is 12.2. The van der Waals surface area contributed by atoms with Gasteiger partial charge in [0.15, 0.2) is 0 Å². The number of hydrogen-bond donors (Lipinski definition) is 1. The minimum absolute atomic E-state index is 0.0381. The third-order valence-corrected chi connectivity index (χ3v) is 8.64. The zero-order valence-electron chi connectivity index (χ0n) is 24.5. The van der Waals surface area contributed by atoms with Gasteiger partial charge < -0.3 is 29.3 Å². The molecule has 1 aromatic heterocycles. The number of carbonyl (C=O) groups is 1. The average molecular weight is 573 g/mol. The second-order valence-electron chi connectivity index (χ2n) is 11.5. The van der Waals surface area contributed by atoms with Gasteiger partial charge in [-0.3, -0.25) is 9.69 Å². The van der Waals surface area contributed by atoms with E-state index in [0.29, 0.717) is 38.7 Å². The van der Waals surface area contributed by atoms with Gasteiger partial charge in [-0.15, -0.1) is 0 Å². The molecule has 2 atom stereocenters. The molecule has 10 nitrogen and oxygen atoms in total. The van der Waals surface area contributed by atoms with Gasteiger partial charge >= 0.3 is 6.01 Å². The maximum Gasteiger partial charge on any atom is 0.318 e. The Hall–Kier alpha value is -3.89. The predicted molar refractivity (Wildman–Crippen MR) is 163 cm³/mol. The number of methoxy groups -OCH3 is 1. The molecule has 0 bridgehead atoms. The molecule has 6 rings (SSSR count). The summed E-state index contributed by atoms with van der Waals surface area (Å²) >= 11 is 0. The molecule has 1 N–H and O–H groups in total. The highest BCUT2D eigenvalue weighted by Crippen LogP contribution is 2.36. The number of carbonyl (C=O) groups excluding carboxylic acids is 1. The number of nitrogens with zero attached hydrogens (tertiary/aromatic N) is 6. The van der Waals surface area contributed by atoms with E-state index in [-0.39, 0.29) is 23.9 Å². The number of amides is 1. The zero-order valence-corrected chi connectivity index (χ0v) is 24.5. The summed E-state index contributed by atoms with van der Waals surface area (Å²) < 4.78 is 11.9. The number of fused-ring (bicyclic) bond motifs is 2. The minimum Gasteiger partial charge on any atom is -0.508 e. The van der Waals surface area contributed by atoms with Crippen LogP contribution in [-0.2, 0) is 22.5 Å². The van der Waals surface area contributed by atoms with Crippen molar-refractivity contribution in [2.75, 3.05) is 69.3 Å². The first-order valence-corrected chi connectivity index (χ1v) is 14.9. The lowest BCUT2D eigenvalue weighted by atomic mass is 10.0. The first-order chi connectivity index (χ1) is 20.4. The van der Waals surface area contributed by atoms with E-state index in [0.717, 1.165) is 72.6 Å². The Labute approximate surface area is 247 Å². The summed E-state index contributed by atoms with van der Waals surface area (Å²) in [6.07, 6.45) is 3.35. The van der Waals surface area contributed by atoms with Crippen LogP contribution in [0.1, 0.15) is 24.6 Å². The van der Waals surface area contributed by atoms with Crippen LogP contribution in [-0.4, -0.2) is 102 Å². The van der Waals surface area contributed by atoms with E-state index >= 15 is 0 Å². The maximum atomic E-state index is 12.2. The molecule has 0 aliphatic carbocycles. The van der Waals surface area contributed by atoms with E-state index in [1.165, 1.54) is 6.08 Å². The van der Waals surface area contributed by atoms with Gasteiger partial charge in [0.2, 0.25) is 5.91 Å². The normalized spacial score (nSPS) is 20.0. The number of benzene rings is 2. The molecule has 10 heteroatoms. The molecule has 42 heavy (non-hydrogen) atoms. The summed E-state index contributed by atoms with van der Waals surface area (Å²) in [4.78, 5) is 30.9. The molecule has 1 amide bonds. The molecule has 2 aromatic carbocycles. The highest BCUT2D eigenvalue weighted by atomic mass is 16.5. The predicted octanol–water partition coefficient (Wildman–Crippen LogP) is 3.22. The van der Waals surface area contributed by atoms with Crippen molar-refractivity contribution in [2.45, 2.75) is 38.5 Å².